The molecule has 1 aromatic carbocycles. The molecule has 0 atom stereocenters. The zero-order valence-corrected chi connectivity index (χ0v) is 15.7. The Balaban J connectivity index is 1.69. The van der Waals surface area contributed by atoms with Gasteiger partial charge in [0.15, 0.2) is 6.61 Å². The van der Waals surface area contributed by atoms with Crippen LogP contribution in [0.4, 0.5) is 16.2 Å². The number of imide groups is 1. The van der Waals surface area contributed by atoms with Crippen LogP contribution >= 0.6 is 0 Å². The SMILES string of the molecule is CC(=O)Nc1cccc(NC(=O)COC(=O)CCCN2C(=O)CN(C)C2=O)c1. The molecule has 0 unspecified atom stereocenters. The summed E-state index contributed by atoms with van der Waals surface area (Å²) in [5.74, 6) is -1.67. The van der Waals surface area contributed by atoms with E-state index >= 15 is 0 Å². The molecule has 0 spiro atoms. The maximum atomic E-state index is 11.9. The standard InChI is InChI=1S/C18H22N4O6/c1-12(23)19-13-5-3-6-14(9-13)20-15(24)11-28-17(26)7-4-8-22-16(25)10-21(2)18(22)27/h3,5-6,9H,4,7-8,10-11H2,1-2H3,(H,19,23)(H,20,24). The Kier molecular flexibility index (Phi) is 7.08. The summed E-state index contributed by atoms with van der Waals surface area (Å²) in [6, 6.07) is 6.14. The first-order valence-electron chi connectivity index (χ1n) is 8.65. The van der Waals surface area contributed by atoms with Gasteiger partial charge in [0.1, 0.15) is 6.54 Å². The molecule has 2 rings (SSSR count). The van der Waals surface area contributed by atoms with Gasteiger partial charge in [-0.05, 0) is 24.6 Å². The van der Waals surface area contributed by atoms with E-state index < -0.39 is 18.5 Å². The number of nitrogens with zero attached hydrogens (tertiary/aromatic N) is 2. The number of rotatable bonds is 8. The van der Waals surface area contributed by atoms with Crippen molar-refractivity contribution in [2.75, 3.05) is 37.4 Å². The van der Waals surface area contributed by atoms with Crippen LogP contribution in [0.3, 0.4) is 0 Å². The largest absolute Gasteiger partial charge is 0.456 e. The molecule has 0 aliphatic carbocycles. The number of urea groups is 1. The predicted molar refractivity (Wildman–Crippen MR) is 99.3 cm³/mol. The van der Waals surface area contributed by atoms with Crippen molar-refractivity contribution in [1.82, 2.24) is 9.80 Å². The molecule has 1 fully saturated rings. The number of hydrogen-bond donors (Lipinski definition) is 2. The molecular formula is C18H22N4O6. The minimum Gasteiger partial charge on any atom is -0.456 e. The van der Waals surface area contributed by atoms with Crippen molar-refractivity contribution in [2.45, 2.75) is 19.8 Å². The fraction of sp³-hybridized carbons (Fsp3) is 0.389. The number of esters is 1. The normalized spacial score (nSPS) is 13.5. The van der Waals surface area contributed by atoms with Gasteiger partial charge in [-0.2, -0.15) is 0 Å². The van der Waals surface area contributed by atoms with Crippen molar-refractivity contribution in [3.63, 3.8) is 0 Å². The third-order valence-corrected chi connectivity index (χ3v) is 3.82. The van der Waals surface area contributed by atoms with Gasteiger partial charge in [0.2, 0.25) is 11.8 Å². The smallest absolute Gasteiger partial charge is 0.326 e. The predicted octanol–water partition coefficient (Wildman–Crippen LogP) is 0.801. The van der Waals surface area contributed by atoms with Gasteiger partial charge >= 0.3 is 12.0 Å². The number of ether oxygens (including phenoxy) is 1. The number of likely N-dealkylation sites (N-methyl/N-ethyl adjacent to an activating group) is 1. The highest BCUT2D eigenvalue weighted by molar-refractivity contribution is 6.01. The molecule has 0 radical (unpaired) electrons. The lowest BCUT2D eigenvalue weighted by Gasteiger charge is -2.13. The molecule has 1 heterocycles. The first-order valence-corrected chi connectivity index (χ1v) is 8.65. The zero-order valence-electron chi connectivity index (χ0n) is 15.7. The highest BCUT2D eigenvalue weighted by Gasteiger charge is 2.32. The van der Waals surface area contributed by atoms with Crippen LogP contribution in [0, 0.1) is 0 Å². The quantitative estimate of drug-likeness (QED) is 0.500. The van der Waals surface area contributed by atoms with E-state index in [2.05, 4.69) is 10.6 Å². The molecule has 10 heteroatoms. The molecular weight excluding hydrogens is 368 g/mol. The van der Waals surface area contributed by atoms with Crippen LogP contribution < -0.4 is 10.6 Å². The van der Waals surface area contributed by atoms with Crippen molar-refractivity contribution < 1.29 is 28.7 Å². The summed E-state index contributed by atoms with van der Waals surface area (Å²) in [4.78, 5) is 60.4. The fourth-order valence-electron chi connectivity index (χ4n) is 2.56. The molecule has 1 aliphatic rings. The number of amides is 5. The maximum absolute atomic E-state index is 11.9. The number of benzene rings is 1. The van der Waals surface area contributed by atoms with Crippen molar-refractivity contribution in [1.29, 1.82) is 0 Å². The van der Waals surface area contributed by atoms with Gasteiger partial charge in [-0.3, -0.25) is 24.1 Å². The molecule has 0 bridgehead atoms. The lowest BCUT2D eigenvalue weighted by Crippen LogP contribution is -2.32. The summed E-state index contributed by atoms with van der Waals surface area (Å²) in [6.07, 6.45) is 0.233. The highest BCUT2D eigenvalue weighted by atomic mass is 16.5. The third kappa shape index (κ3) is 6.08. The minimum atomic E-state index is -0.602. The van der Waals surface area contributed by atoms with E-state index in [1.165, 1.54) is 18.9 Å². The second kappa shape index (κ2) is 9.49. The highest BCUT2D eigenvalue weighted by Crippen LogP contribution is 2.15. The number of anilines is 2. The van der Waals surface area contributed by atoms with E-state index in [0.29, 0.717) is 11.4 Å². The fourth-order valence-corrected chi connectivity index (χ4v) is 2.56. The van der Waals surface area contributed by atoms with E-state index in [4.69, 9.17) is 4.74 Å². The van der Waals surface area contributed by atoms with E-state index in [1.807, 2.05) is 0 Å². The van der Waals surface area contributed by atoms with Crippen molar-refractivity contribution in [3.05, 3.63) is 24.3 Å². The van der Waals surface area contributed by atoms with Gasteiger partial charge in [0.25, 0.3) is 5.91 Å². The van der Waals surface area contributed by atoms with Crippen LogP contribution in [0.5, 0.6) is 0 Å². The van der Waals surface area contributed by atoms with Crippen molar-refractivity contribution >= 4 is 41.1 Å². The van der Waals surface area contributed by atoms with E-state index in [0.717, 1.165) is 4.90 Å². The molecule has 0 aromatic heterocycles. The van der Waals surface area contributed by atoms with Crippen molar-refractivity contribution in [2.24, 2.45) is 0 Å². The van der Waals surface area contributed by atoms with Crippen LogP contribution in [0.25, 0.3) is 0 Å². The lowest BCUT2D eigenvalue weighted by molar-refractivity contribution is -0.147. The summed E-state index contributed by atoms with van der Waals surface area (Å²) < 4.78 is 4.89. The zero-order chi connectivity index (χ0) is 20.7. The Labute approximate surface area is 161 Å². The van der Waals surface area contributed by atoms with Crippen LogP contribution in [0.1, 0.15) is 19.8 Å². The van der Waals surface area contributed by atoms with Gasteiger partial charge in [-0.15, -0.1) is 0 Å². The van der Waals surface area contributed by atoms with E-state index in [9.17, 15) is 24.0 Å². The average molecular weight is 390 g/mol. The van der Waals surface area contributed by atoms with Crippen LogP contribution in [0.2, 0.25) is 0 Å². The Bertz CT molecular complexity index is 794. The molecule has 1 aromatic rings. The first-order chi connectivity index (χ1) is 13.3. The number of nitrogens with one attached hydrogen (secondary N) is 2. The molecule has 10 nitrogen and oxygen atoms in total. The Morgan fingerprint density at radius 2 is 1.82 bits per heavy atom. The molecule has 1 aliphatic heterocycles. The summed E-state index contributed by atoms with van der Waals surface area (Å²) in [5, 5.41) is 5.15. The number of carbonyl (C=O) groups excluding carboxylic acids is 5. The van der Waals surface area contributed by atoms with Gasteiger partial charge < -0.3 is 20.3 Å². The monoisotopic (exact) mass is 390 g/mol. The number of carbonyl (C=O) groups is 5. The molecule has 5 amide bonds. The average Bonchev–Trinajstić information content (AvgIpc) is 2.86. The first kappa shape index (κ1) is 20.9. The summed E-state index contributed by atoms with van der Waals surface area (Å²) >= 11 is 0. The Morgan fingerprint density at radius 1 is 1.14 bits per heavy atom. The molecule has 150 valence electrons. The Morgan fingerprint density at radius 3 is 2.43 bits per heavy atom. The minimum absolute atomic E-state index is 0.0218. The van der Waals surface area contributed by atoms with Gasteiger partial charge in [0.05, 0.1) is 0 Å². The van der Waals surface area contributed by atoms with Crippen LogP contribution in [0.15, 0.2) is 24.3 Å². The lowest BCUT2D eigenvalue weighted by atomic mass is 10.2. The van der Waals surface area contributed by atoms with Gasteiger partial charge in [-0.25, -0.2) is 4.79 Å². The second-order valence-corrected chi connectivity index (χ2v) is 6.26. The summed E-state index contributed by atoms with van der Waals surface area (Å²) in [5.41, 5.74) is 0.974. The molecule has 2 N–H and O–H groups in total. The van der Waals surface area contributed by atoms with Crippen LogP contribution in [-0.4, -0.2) is 66.3 Å². The third-order valence-electron chi connectivity index (χ3n) is 3.82. The van der Waals surface area contributed by atoms with Gasteiger partial charge in [0, 0.05) is 38.3 Å². The van der Waals surface area contributed by atoms with Crippen LogP contribution in [-0.2, 0) is 23.9 Å². The van der Waals surface area contributed by atoms with Gasteiger partial charge in [-0.1, -0.05) is 6.07 Å². The topological polar surface area (TPSA) is 125 Å². The molecule has 1 saturated heterocycles. The molecule has 28 heavy (non-hydrogen) atoms. The van der Waals surface area contributed by atoms with E-state index in [1.54, 1.807) is 24.3 Å². The van der Waals surface area contributed by atoms with Crippen molar-refractivity contribution in [3.8, 4) is 0 Å². The second-order valence-electron chi connectivity index (χ2n) is 6.26. The summed E-state index contributed by atoms with van der Waals surface area (Å²) in [7, 11) is 1.53. The summed E-state index contributed by atoms with van der Waals surface area (Å²) in [6.45, 7) is 1.07. The maximum Gasteiger partial charge on any atom is 0.326 e. The number of hydrogen-bond acceptors (Lipinski definition) is 6. The molecule has 0 saturated carbocycles. The Hall–Kier alpha value is -3.43. The van der Waals surface area contributed by atoms with E-state index in [-0.39, 0.29) is 43.8 Å².